The molecule has 0 bridgehead atoms. The van der Waals surface area contributed by atoms with Gasteiger partial charge in [0.05, 0.1) is 0 Å². The second kappa shape index (κ2) is 8.25. The van der Waals surface area contributed by atoms with Crippen molar-refractivity contribution in [2.45, 2.75) is 20.8 Å². The number of piperazine rings is 1. The molecule has 0 atom stereocenters. The Balaban J connectivity index is 1.63. The van der Waals surface area contributed by atoms with Gasteiger partial charge in [0.2, 0.25) is 11.8 Å². The lowest BCUT2D eigenvalue weighted by atomic mass is 10.1. The van der Waals surface area contributed by atoms with Crippen molar-refractivity contribution in [1.29, 1.82) is 0 Å². The van der Waals surface area contributed by atoms with E-state index in [4.69, 9.17) is 0 Å². The molecule has 2 aromatic carbocycles. The molecule has 0 N–H and O–H groups in total. The van der Waals surface area contributed by atoms with Gasteiger partial charge in [-0.3, -0.25) is 9.59 Å². The van der Waals surface area contributed by atoms with Gasteiger partial charge in [0.15, 0.2) is 0 Å². The SMILES string of the molecule is CC(=O)N(CC(=O)N1CCN(c2ccccc2)CC1)c1ccc(C)c(C)c1. The number of carbonyl (C=O) groups excluding carboxylic acids is 2. The van der Waals surface area contributed by atoms with Crippen LogP contribution in [0.1, 0.15) is 18.1 Å². The summed E-state index contributed by atoms with van der Waals surface area (Å²) in [6.07, 6.45) is 0. The molecule has 3 rings (SSSR count). The van der Waals surface area contributed by atoms with E-state index in [9.17, 15) is 9.59 Å². The van der Waals surface area contributed by atoms with Crippen molar-refractivity contribution in [2.24, 2.45) is 0 Å². The van der Waals surface area contributed by atoms with Crippen molar-refractivity contribution in [3.8, 4) is 0 Å². The van der Waals surface area contributed by atoms with Crippen LogP contribution < -0.4 is 9.80 Å². The smallest absolute Gasteiger partial charge is 0.242 e. The summed E-state index contributed by atoms with van der Waals surface area (Å²) < 4.78 is 0. The summed E-state index contributed by atoms with van der Waals surface area (Å²) >= 11 is 0. The molecule has 0 aromatic heterocycles. The fourth-order valence-electron chi connectivity index (χ4n) is 3.37. The van der Waals surface area contributed by atoms with Crippen LogP contribution in [0.2, 0.25) is 0 Å². The summed E-state index contributed by atoms with van der Waals surface area (Å²) in [7, 11) is 0. The van der Waals surface area contributed by atoms with Crippen molar-refractivity contribution in [3.05, 3.63) is 59.7 Å². The molecule has 1 aliphatic rings. The van der Waals surface area contributed by atoms with E-state index in [1.165, 1.54) is 18.2 Å². The van der Waals surface area contributed by atoms with E-state index in [-0.39, 0.29) is 18.4 Å². The van der Waals surface area contributed by atoms with Gasteiger partial charge in [0.1, 0.15) is 6.54 Å². The van der Waals surface area contributed by atoms with Gasteiger partial charge in [-0.25, -0.2) is 0 Å². The number of hydrogen-bond donors (Lipinski definition) is 0. The van der Waals surface area contributed by atoms with Gasteiger partial charge in [-0.15, -0.1) is 0 Å². The van der Waals surface area contributed by atoms with E-state index in [2.05, 4.69) is 17.0 Å². The number of hydrogen-bond acceptors (Lipinski definition) is 3. The van der Waals surface area contributed by atoms with Crippen LogP contribution in [0.4, 0.5) is 11.4 Å². The molecule has 5 heteroatoms. The maximum absolute atomic E-state index is 12.8. The first-order valence-corrected chi connectivity index (χ1v) is 9.39. The molecule has 2 aromatic rings. The molecule has 0 aliphatic carbocycles. The Labute approximate surface area is 161 Å². The van der Waals surface area contributed by atoms with Gasteiger partial charge in [0, 0.05) is 44.5 Å². The second-order valence-electron chi connectivity index (χ2n) is 7.08. The third-order valence-corrected chi connectivity index (χ3v) is 5.23. The first-order valence-electron chi connectivity index (χ1n) is 9.39. The predicted octanol–water partition coefficient (Wildman–Crippen LogP) is 3.01. The Morgan fingerprint density at radius 2 is 1.59 bits per heavy atom. The Bertz CT molecular complexity index is 812. The lowest BCUT2D eigenvalue weighted by Gasteiger charge is -2.37. The Morgan fingerprint density at radius 1 is 0.926 bits per heavy atom. The molecule has 0 saturated carbocycles. The quantitative estimate of drug-likeness (QED) is 0.837. The maximum atomic E-state index is 12.8. The van der Waals surface area contributed by atoms with Crippen LogP contribution in [0.3, 0.4) is 0 Å². The van der Waals surface area contributed by atoms with E-state index < -0.39 is 0 Å². The zero-order chi connectivity index (χ0) is 19.4. The highest BCUT2D eigenvalue weighted by atomic mass is 16.2. The Kier molecular flexibility index (Phi) is 5.79. The summed E-state index contributed by atoms with van der Waals surface area (Å²) in [5.41, 5.74) is 4.25. The number of rotatable bonds is 4. The average Bonchev–Trinajstić information content (AvgIpc) is 2.69. The van der Waals surface area contributed by atoms with E-state index in [1.807, 2.05) is 55.1 Å². The van der Waals surface area contributed by atoms with E-state index in [0.717, 1.165) is 24.3 Å². The van der Waals surface area contributed by atoms with Gasteiger partial charge in [-0.2, -0.15) is 0 Å². The number of carbonyl (C=O) groups is 2. The molecule has 27 heavy (non-hydrogen) atoms. The summed E-state index contributed by atoms with van der Waals surface area (Å²) in [6, 6.07) is 16.1. The molecule has 1 saturated heterocycles. The standard InChI is InChI=1S/C22H27N3O2/c1-17-9-10-21(15-18(17)2)25(19(3)26)16-22(27)24-13-11-23(12-14-24)20-7-5-4-6-8-20/h4-10,15H,11-14,16H2,1-3H3. The first kappa shape index (κ1) is 19.0. The van der Waals surface area contributed by atoms with Gasteiger partial charge < -0.3 is 14.7 Å². The topological polar surface area (TPSA) is 43.9 Å². The first-order chi connectivity index (χ1) is 13.0. The molecule has 1 aliphatic heterocycles. The molecular formula is C22H27N3O2. The number of anilines is 2. The van der Waals surface area contributed by atoms with Crippen LogP contribution >= 0.6 is 0 Å². The van der Waals surface area contributed by atoms with Gasteiger partial charge >= 0.3 is 0 Å². The third kappa shape index (κ3) is 4.48. The van der Waals surface area contributed by atoms with Crippen LogP contribution in [0.15, 0.2) is 48.5 Å². The summed E-state index contributed by atoms with van der Waals surface area (Å²) in [5.74, 6) is -0.120. The highest BCUT2D eigenvalue weighted by Gasteiger charge is 2.24. The minimum atomic E-state index is -0.116. The Hall–Kier alpha value is -2.82. The zero-order valence-electron chi connectivity index (χ0n) is 16.3. The third-order valence-electron chi connectivity index (χ3n) is 5.23. The molecule has 2 amide bonds. The normalized spacial score (nSPS) is 14.2. The van der Waals surface area contributed by atoms with Crippen LogP contribution in [-0.4, -0.2) is 49.4 Å². The minimum Gasteiger partial charge on any atom is -0.368 e. The predicted molar refractivity (Wildman–Crippen MR) is 109 cm³/mol. The summed E-state index contributed by atoms with van der Waals surface area (Å²) in [4.78, 5) is 30.7. The molecule has 1 heterocycles. The number of amides is 2. The van der Waals surface area contributed by atoms with Crippen molar-refractivity contribution >= 4 is 23.2 Å². The molecule has 1 fully saturated rings. The van der Waals surface area contributed by atoms with Crippen LogP contribution in [-0.2, 0) is 9.59 Å². The Morgan fingerprint density at radius 3 is 2.19 bits per heavy atom. The number of aryl methyl sites for hydroxylation is 2. The molecule has 142 valence electrons. The van der Waals surface area contributed by atoms with Crippen molar-refractivity contribution < 1.29 is 9.59 Å². The highest BCUT2D eigenvalue weighted by Crippen LogP contribution is 2.20. The lowest BCUT2D eigenvalue weighted by Crippen LogP contribution is -2.51. The van der Waals surface area contributed by atoms with Crippen molar-refractivity contribution in [3.63, 3.8) is 0 Å². The van der Waals surface area contributed by atoms with Crippen molar-refractivity contribution in [1.82, 2.24) is 4.90 Å². The minimum absolute atomic E-state index is 0.00357. The van der Waals surface area contributed by atoms with E-state index in [1.54, 1.807) is 4.90 Å². The second-order valence-corrected chi connectivity index (χ2v) is 7.08. The summed E-state index contributed by atoms with van der Waals surface area (Å²) in [5, 5.41) is 0. The lowest BCUT2D eigenvalue weighted by molar-refractivity contribution is -0.131. The van der Waals surface area contributed by atoms with E-state index >= 15 is 0 Å². The van der Waals surface area contributed by atoms with Crippen LogP contribution in [0, 0.1) is 13.8 Å². The molecule has 0 unspecified atom stereocenters. The molecule has 5 nitrogen and oxygen atoms in total. The van der Waals surface area contributed by atoms with Gasteiger partial charge in [-0.1, -0.05) is 24.3 Å². The number of nitrogens with zero attached hydrogens (tertiary/aromatic N) is 3. The zero-order valence-corrected chi connectivity index (χ0v) is 16.3. The molecule has 0 radical (unpaired) electrons. The molecular weight excluding hydrogens is 338 g/mol. The summed E-state index contributed by atoms with van der Waals surface area (Å²) in [6.45, 7) is 8.60. The number of para-hydroxylation sites is 1. The fraction of sp³-hybridized carbons (Fsp3) is 0.364. The monoisotopic (exact) mass is 365 g/mol. The van der Waals surface area contributed by atoms with Crippen LogP contribution in [0.25, 0.3) is 0 Å². The highest BCUT2D eigenvalue weighted by molar-refractivity contribution is 5.97. The number of benzene rings is 2. The average molecular weight is 365 g/mol. The molecule has 0 spiro atoms. The van der Waals surface area contributed by atoms with Gasteiger partial charge in [-0.05, 0) is 49.2 Å². The van der Waals surface area contributed by atoms with Crippen molar-refractivity contribution in [2.75, 3.05) is 42.5 Å². The van der Waals surface area contributed by atoms with Crippen LogP contribution in [0.5, 0.6) is 0 Å². The van der Waals surface area contributed by atoms with Gasteiger partial charge in [0.25, 0.3) is 0 Å². The fourth-order valence-corrected chi connectivity index (χ4v) is 3.37. The van der Waals surface area contributed by atoms with E-state index in [0.29, 0.717) is 13.1 Å². The maximum Gasteiger partial charge on any atom is 0.242 e. The largest absolute Gasteiger partial charge is 0.368 e.